The Hall–Kier alpha value is -2.89. The summed E-state index contributed by atoms with van der Waals surface area (Å²) in [5.41, 5.74) is 0. The second kappa shape index (κ2) is 41.1. The minimum Gasteiger partial charge on any atom is -0.394 e. The monoisotopic (exact) mass is 854 g/mol. The van der Waals surface area contributed by atoms with Gasteiger partial charge in [-0.2, -0.15) is 0 Å². The number of carbonyl (C=O) groups excluding carboxylic acids is 1. The van der Waals surface area contributed by atoms with Gasteiger partial charge in [-0.3, -0.25) is 4.79 Å². The van der Waals surface area contributed by atoms with Crippen LogP contribution < -0.4 is 5.32 Å². The Morgan fingerprint density at radius 1 is 0.574 bits per heavy atom. The minimum absolute atomic E-state index is 0.0971. The molecule has 0 aromatic rings. The Morgan fingerprint density at radius 3 is 1.54 bits per heavy atom. The van der Waals surface area contributed by atoms with Gasteiger partial charge in [-0.25, -0.2) is 0 Å². The first kappa shape index (κ1) is 56.1. The molecule has 9 nitrogen and oxygen atoms in total. The number of amides is 1. The first-order valence-electron chi connectivity index (χ1n) is 24.0. The molecule has 7 atom stereocenters. The largest absolute Gasteiger partial charge is 0.394 e. The van der Waals surface area contributed by atoms with E-state index >= 15 is 0 Å². The lowest BCUT2D eigenvalue weighted by Gasteiger charge is -2.40. The van der Waals surface area contributed by atoms with Crippen molar-refractivity contribution in [1.29, 1.82) is 0 Å². The molecule has 1 saturated heterocycles. The number of aliphatic hydroxyl groups is 5. The lowest BCUT2D eigenvalue weighted by atomic mass is 9.99. The number of rotatable bonds is 38. The highest BCUT2D eigenvalue weighted by Crippen LogP contribution is 2.22. The maximum atomic E-state index is 12.9. The molecule has 0 aliphatic carbocycles. The van der Waals surface area contributed by atoms with Gasteiger partial charge in [0, 0.05) is 6.42 Å². The molecule has 0 spiro atoms. The lowest BCUT2D eigenvalue weighted by Crippen LogP contribution is -2.60. The molecule has 1 aliphatic heterocycles. The van der Waals surface area contributed by atoms with Crippen LogP contribution in [0.3, 0.4) is 0 Å². The molecular weight excluding hydrogens is 767 g/mol. The summed E-state index contributed by atoms with van der Waals surface area (Å²) >= 11 is 0. The second-order valence-electron chi connectivity index (χ2n) is 16.2. The van der Waals surface area contributed by atoms with Gasteiger partial charge >= 0.3 is 0 Å². The first-order valence-corrected chi connectivity index (χ1v) is 24.0. The van der Waals surface area contributed by atoms with Crippen LogP contribution in [-0.2, 0) is 14.3 Å². The van der Waals surface area contributed by atoms with E-state index in [1.165, 1.54) is 83.5 Å². The Labute approximate surface area is 371 Å². The van der Waals surface area contributed by atoms with Gasteiger partial charge in [0.1, 0.15) is 24.4 Å². The van der Waals surface area contributed by atoms with E-state index in [1.807, 2.05) is 18.2 Å². The van der Waals surface area contributed by atoms with Gasteiger partial charge < -0.3 is 40.3 Å². The van der Waals surface area contributed by atoms with E-state index in [1.54, 1.807) is 12.2 Å². The Kier molecular flexibility index (Phi) is 37.9. The number of hydrogen-bond donors (Lipinski definition) is 6. The second-order valence-corrected chi connectivity index (χ2v) is 16.2. The molecule has 1 heterocycles. The fourth-order valence-corrected chi connectivity index (χ4v) is 6.84. The Morgan fingerprint density at radius 2 is 1.03 bits per heavy atom. The van der Waals surface area contributed by atoms with Crippen LogP contribution in [0.4, 0.5) is 0 Å². The van der Waals surface area contributed by atoms with Crippen molar-refractivity contribution in [2.75, 3.05) is 13.2 Å². The van der Waals surface area contributed by atoms with E-state index in [9.17, 15) is 30.3 Å². The highest BCUT2D eigenvalue weighted by Gasteiger charge is 2.44. The maximum Gasteiger partial charge on any atom is 0.224 e. The predicted molar refractivity (Wildman–Crippen MR) is 253 cm³/mol. The van der Waals surface area contributed by atoms with Crippen LogP contribution in [-0.4, -0.2) is 87.5 Å². The van der Waals surface area contributed by atoms with Gasteiger partial charge in [0.05, 0.1) is 25.4 Å². The number of aliphatic hydroxyl groups excluding tert-OH is 5. The van der Waals surface area contributed by atoms with E-state index in [4.69, 9.17) is 9.47 Å². The quantitative estimate of drug-likeness (QED) is 0.0266. The van der Waals surface area contributed by atoms with E-state index in [-0.39, 0.29) is 18.9 Å². The van der Waals surface area contributed by atoms with Gasteiger partial charge in [-0.15, -0.1) is 0 Å². The molecule has 7 unspecified atom stereocenters. The van der Waals surface area contributed by atoms with Crippen LogP contribution in [0.2, 0.25) is 0 Å². The summed E-state index contributed by atoms with van der Waals surface area (Å²) in [6.07, 6.45) is 52.0. The molecule has 1 amide bonds. The number of unbranched alkanes of at least 4 members (excludes halogenated alkanes) is 15. The SMILES string of the molecule is CC/C=C\C/C=C\C/C=C\C/C=C\C/C=C\CC(=O)NC(COC1OC(CO)C(O)C(O)C1O)C(O)/C=C/CC/C=C/CC/C=C/CCCCCCCCCCCCCCC. The van der Waals surface area contributed by atoms with Crippen LogP contribution in [0, 0.1) is 0 Å². The fraction of sp³-hybridized carbons (Fsp3) is 0.673. The Bertz CT molecular complexity index is 1270. The predicted octanol–water partition coefficient (Wildman–Crippen LogP) is 10.5. The van der Waals surface area contributed by atoms with Crippen LogP contribution in [0.5, 0.6) is 0 Å². The number of allylic oxidation sites excluding steroid dienone is 14. The third kappa shape index (κ3) is 31.6. The Balaban J connectivity index is 2.42. The number of hydrogen-bond acceptors (Lipinski definition) is 8. The molecule has 6 N–H and O–H groups in total. The fourth-order valence-electron chi connectivity index (χ4n) is 6.84. The number of nitrogens with one attached hydrogen (secondary N) is 1. The van der Waals surface area contributed by atoms with Crippen molar-refractivity contribution in [1.82, 2.24) is 5.32 Å². The van der Waals surface area contributed by atoms with Gasteiger partial charge in [-0.05, 0) is 70.6 Å². The van der Waals surface area contributed by atoms with Crippen molar-refractivity contribution >= 4 is 5.91 Å². The highest BCUT2D eigenvalue weighted by molar-refractivity contribution is 5.77. The average molecular weight is 854 g/mol. The molecule has 1 aliphatic rings. The smallest absolute Gasteiger partial charge is 0.224 e. The molecule has 0 aromatic carbocycles. The average Bonchev–Trinajstić information content (AvgIpc) is 3.26. The number of carbonyl (C=O) groups is 1. The normalized spacial score (nSPS) is 21.3. The maximum absolute atomic E-state index is 12.9. The molecule has 61 heavy (non-hydrogen) atoms. The van der Waals surface area contributed by atoms with Crippen molar-refractivity contribution in [3.8, 4) is 0 Å². The van der Waals surface area contributed by atoms with Crippen molar-refractivity contribution in [2.45, 2.75) is 211 Å². The van der Waals surface area contributed by atoms with Crippen molar-refractivity contribution in [3.05, 3.63) is 97.2 Å². The molecule has 0 bridgehead atoms. The van der Waals surface area contributed by atoms with Crippen molar-refractivity contribution in [3.63, 3.8) is 0 Å². The van der Waals surface area contributed by atoms with Gasteiger partial charge in [-0.1, -0.05) is 188 Å². The summed E-state index contributed by atoms with van der Waals surface area (Å²) in [6.45, 7) is 3.56. The first-order chi connectivity index (χ1) is 29.8. The van der Waals surface area contributed by atoms with Crippen LogP contribution in [0.15, 0.2) is 97.2 Å². The molecule has 1 fully saturated rings. The van der Waals surface area contributed by atoms with Crippen molar-refractivity contribution < 1.29 is 39.8 Å². The van der Waals surface area contributed by atoms with Gasteiger partial charge in [0.15, 0.2) is 6.29 Å². The summed E-state index contributed by atoms with van der Waals surface area (Å²) in [6, 6.07) is -0.888. The third-order valence-corrected chi connectivity index (χ3v) is 10.6. The van der Waals surface area contributed by atoms with Crippen molar-refractivity contribution in [2.24, 2.45) is 0 Å². The van der Waals surface area contributed by atoms with Crippen LogP contribution in [0.1, 0.15) is 168 Å². The van der Waals surface area contributed by atoms with Gasteiger partial charge in [0.2, 0.25) is 5.91 Å². The minimum atomic E-state index is -1.60. The van der Waals surface area contributed by atoms with E-state index in [0.717, 1.165) is 51.4 Å². The van der Waals surface area contributed by atoms with Crippen LogP contribution >= 0.6 is 0 Å². The van der Waals surface area contributed by atoms with E-state index in [2.05, 4.69) is 86.0 Å². The molecule has 9 heteroatoms. The van der Waals surface area contributed by atoms with E-state index < -0.39 is 49.5 Å². The molecule has 0 aromatic heterocycles. The summed E-state index contributed by atoms with van der Waals surface area (Å²) in [7, 11) is 0. The third-order valence-electron chi connectivity index (χ3n) is 10.6. The summed E-state index contributed by atoms with van der Waals surface area (Å²) in [5.74, 6) is -0.322. The molecule has 348 valence electrons. The molecular formula is C52H87NO8. The zero-order valence-electron chi connectivity index (χ0n) is 38.1. The topological polar surface area (TPSA) is 149 Å². The van der Waals surface area contributed by atoms with E-state index in [0.29, 0.717) is 12.8 Å². The number of ether oxygens (including phenoxy) is 2. The summed E-state index contributed by atoms with van der Waals surface area (Å²) < 4.78 is 11.2. The van der Waals surface area contributed by atoms with Gasteiger partial charge in [0.25, 0.3) is 0 Å². The zero-order chi connectivity index (χ0) is 44.4. The molecule has 0 saturated carbocycles. The molecule has 0 radical (unpaired) electrons. The summed E-state index contributed by atoms with van der Waals surface area (Å²) in [5, 5.41) is 54.1. The molecule has 1 rings (SSSR count). The van der Waals surface area contributed by atoms with Crippen LogP contribution in [0.25, 0.3) is 0 Å². The zero-order valence-corrected chi connectivity index (χ0v) is 38.1. The highest BCUT2D eigenvalue weighted by atomic mass is 16.7. The summed E-state index contributed by atoms with van der Waals surface area (Å²) in [4.78, 5) is 12.9. The standard InChI is InChI=1S/C52H87NO8/c1-3-5-7-9-11-13-15-17-19-20-21-22-23-24-25-26-28-29-31-33-35-37-39-41-46(55)45(44-60-52-51(59)50(58)49(57)47(43-54)61-52)53-48(56)42-40-38-36-34-32-30-27-18-16-14-12-10-8-6-4-2/h6,8,12,14,18,25-27,31-34,38-41,45-47,49-52,54-55,57-59H,3-5,7,9-11,13,15-17,19-24,28-30,35-37,42-44H2,1-2H3,(H,53,56)/b8-6-,14-12-,26-25+,27-18-,33-31+,34-32-,40-38-,41-39+. The lowest BCUT2D eigenvalue weighted by molar-refractivity contribution is -0.302.